The fourth-order valence-electron chi connectivity index (χ4n) is 3.16. The van der Waals surface area contributed by atoms with Crippen molar-refractivity contribution in [3.8, 4) is 0 Å². The van der Waals surface area contributed by atoms with Gasteiger partial charge in [-0.05, 0) is 62.4 Å². The molecule has 0 aromatic heterocycles. The van der Waals surface area contributed by atoms with E-state index in [0.717, 1.165) is 52.4 Å². The Morgan fingerprint density at radius 3 is 1.35 bits per heavy atom. The minimum atomic E-state index is 0.597. The summed E-state index contributed by atoms with van der Waals surface area (Å²) in [5, 5.41) is 7.22. The zero-order valence-corrected chi connectivity index (χ0v) is 19.3. The Labute approximate surface area is 164 Å². The maximum atomic E-state index is 3.63. The molecule has 0 bridgehead atoms. The fraction of sp³-hybridized carbons (Fsp3) is 1.00. The molecule has 0 radical (unpaired) electrons. The smallest absolute Gasteiger partial charge is 0.0112 e. The summed E-state index contributed by atoms with van der Waals surface area (Å²) in [4.78, 5) is 7.49. The molecule has 0 fully saturated rings. The fourth-order valence-corrected chi connectivity index (χ4v) is 3.16. The zero-order valence-electron chi connectivity index (χ0n) is 19.3. The SMILES string of the molecule is CC(C)N(C)CCNCCN(CCNCCN(C(C)C)C(C)C)C(C)C. The van der Waals surface area contributed by atoms with Crippen LogP contribution in [0.1, 0.15) is 55.4 Å². The largest absolute Gasteiger partial charge is 0.314 e. The van der Waals surface area contributed by atoms with Gasteiger partial charge in [0.1, 0.15) is 0 Å². The van der Waals surface area contributed by atoms with Gasteiger partial charge in [0.15, 0.2) is 0 Å². The van der Waals surface area contributed by atoms with E-state index in [0.29, 0.717) is 24.2 Å². The van der Waals surface area contributed by atoms with Crippen molar-refractivity contribution in [1.29, 1.82) is 0 Å². The predicted octanol–water partition coefficient (Wildman–Crippen LogP) is 2.34. The van der Waals surface area contributed by atoms with Crippen molar-refractivity contribution in [2.24, 2.45) is 0 Å². The van der Waals surface area contributed by atoms with Crippen molar-refractivity contribution < 1.29 is 0 Å². The maximum Gasteiger partial charge on any atom is 0.0112 e. The number of rotatable bonds is 16. The second-order valence-corrected chi connectivity index (χ2v) is 8.63. The standard InChI is InChI=1S/C21H49N5/c1-18(2)24(9)14-10-22-11-15-25(19(3)4)16-12-23-13-17-26(20(5)6)21(7)8/h18-23H,10-17H2,1-9H3. The van der Waals surface area contributed by atoms with Gasteiger partial charge in [-0.2, -0.15) is 0 Å². The van der Waals surface area contributed by atoms with Crippen LogP contribution in [0.25, 0.3) is 0 Å². The number of likely N-dealkylation sites (N-methyl/N-ethyl adjacent to an activating group) is 1. The van der Waals surface area contributed by atoms with E-state index in [4.69, 9.17) is 0 Å². The van der Waals surface area contributed by atoms with Crippen LogP contribution in [0.5, 0.6) is 0 Å². The molecule has 0 saturated carbocycles. The van der Waals surface area contributed by atoms with E-state index in [9.17, 15) is 0 Å². The second kappa shape index (κ2) is 14.8. The van der Waals surface area contributed by atoms with Crippen LogP contribution in [0.2, 0.25) is 0 Å². The maximum absolute atomic E-state index is 3.63. The molecule has 5 nitrogen and oxygen atoms in total. The van der Waals surface area contributed by atoms with Crippen molar-refractivity contribution in [3.63, 3.8) is 0 Å². The van der Waals surface area contributed by atoms with E-state index < -0.39 is 0 Å². The van der Waals surface area contributed by atoms with Crippen LogP contribution >= 0.6 is 0 Å². The normalized spacial score (nSPS) is 12.9. The van der Waals surface area contributed by atoms with Crippen molar-refractivity contribution in [3.05, 3.63) is 0 Å². The van der Waals surface area contributed by atoms with E-state index in [2.05, 4.69) is 87.8 Å². The lowest BCUT2D eigenvalue weighted by Gasteiger charge is -2.31. The van der Waals surface area contributed by atoms with Crippen LogP contribution in [0.4, 0.5) is 0 Å². The zero-order chi connectivity index (χ0) is 20.1. The first-order chi connectivity index (χ1) is 12.2. The molecule has 26 heavy (non-hydrogen) atoms. The highest BCUT2D eigenvalue weighted by atomic mass is 15.2. The summed E-state index contributed by atoms with van der Waals surface area (Å²) < 4.78 is 0. The first-order valence-corrected chi connectivity index (χ1v) is 10.8. The number of hydrogen-bond acceptors (Lipinski definition) is 5. The van der Waals surface area contributed by atoms with Gasteiger partial charge in [-0.15, -0.1) is 0 Å². The molecule has 0 saturated heterocycles. The first kappa shape index (κ1) is 25.8. The Hall–Kier alpha value is -0.200. The molecule has 0 spiro atoms. The highest BCUT2D eigenvalue weighted by Crippen LogP contribution is 2.03. The van der Waals surface area contributed by atoms with Gasteiger partial charge in [-0.3, -0.25) is 9.80 Å². The second-order valence-electron chi connectivity index (χ2n) is 8.63. The summed E-state index contributed by atoms with van der Waals surface area (Å²) in [6, 6.07) is 2.45. The Morgan fingerprint density at radius 1 is 0.538 bits per heavy atom. The number of nitrogens with zero attached hydrogens (tertiary/aromatic N) is 3. The molecular weight excluding hydrogens is 322 g/mol. The highest BCUT2D eigenvalue weighted by Gasteiger charge is 2.13. The number of hydrogen-bond donors (Lipinski definition) is 2. The first-order valence-electron chi connectivity index (χ1n) is 10.8. The molecule has 0 heterocycles. The highest BCUT2D eigenvalue weighted by molar-refractivity contribution is 4.70. The van der Waals surface area contributed by atoms with Crippen LogP contribution in [-0.4, -0.2) is 98.3 Å². The van der Waals surface area contributed by atoms with Crippen LogP contribution in [0.15, 0.2) is 0 Å². The Balaban J connectivity index is 3.89. The monoisotopic (exact) mass is 371 g/mol. The topological polar surface area (TPSA) is 33.8 Å². The Kier molecular flexibility index (Phi) is 14.7. The minimum absolute atomic E-state index is 0.597. The Bertz CT molecular complexity index is 310. The van der Waals surface area contributed by atoms with Gasteiger partial charge in [0.05, 0.1) is 0 Å². The Morgan fingerprint density at radius 2 is 0.962 bits per heavy atom. The minimum Gasteiger partial charge on any atom is -0.314 e. The van der Waals surface area contributed by atoms with E-state index in [1.807, 2.05) is 0 Å². The average Bonchev–Trinajstić information content (AvgIpc) is 2.54. The molecule has 0 aromatic carbocycles. The van der Waals surface area contributed by atoms with Crippen LogP contribution in [-0.2, 0) is 0 Å². The molecule has 0 aliphatic heterocycles. The molecule has 0 aliphatic carbocycles. The van der Waals surface area contributed by atoms with Gasteiger partial charge < -0.3 is 15.5 Å². The van der Waals surface area contributed by atoms with Crippen LogP contribution in [0, 0.1) is 0 Å². The van der Waals surface area contributed by atoms with Crippen molar-refractivity contribution in [2.75, 3.05) is 59.4 Å². The quantitative estimate of drug-likeness (QED) is 0.407. The van der Waals surface area contributed by atoms with Gasteiger partial charge in [-0.1, -0.05) is 0 Å². The van der Waals surface area contributed by atoms with Gasteiger partial charge in [-0.25, -0.2) is 0 Å². The molecule has 2 N–H and O–H groups in total. The lowest BCUT2D eigenvalue weighted by molar-refractivity contribution is 0.173. The van der Waals surface area contributed by atoms with Crippen LogP contribution < -0.4 is 10.6 Å². The molecule has 0 aromatic rings. The molecule has 0 unspecified atom stereocenters. The third-order valence-corrected chi connectivity index (χ3v) is 5.28. The molecule has 0 atom stereocenters. The summed E-state index contributed by atoms with van der Waals surface area (Å²) in [6.07, 6.45) is 0. The molecule has 0 aliphatic rings. The predicted molar refractivity (Wildman–Crippen MR) is 117 cm³/mol. The molecule has 0 amide bonds. The average molecular weight is 372 g/mol. The summed E-state index contributed by atoms with van der Waals surface area (Å²) in [7, 11) is 2.19. The van der Waals surface area contributed by atoms with E-state index in [-0.39, 0.29) is 0 Å². The van der Waals surface area contributed by atoms with E-state index in [1.54, 1.807) is 0 Å². The summed E-state index contributed by atoms with van der Waals surface area (Å²) in [5.41, 5.74) is 0. The van der Waals surface area contributed by atoms with Crippen molar-refractivity contribution >= 4 is 0 Å². The summed E-state index contributed by atoms with van der Waals surface area (Å²) in [5.74, 6) is 0. The third kappa shape index (κ3) is 12.2. The van der Waals surface area contributed by atoms with Gasteiger partial charge >= 0.3 is 0 Å². The van der Waals surface area contributed by atoms with Gasteiger partial charge in [0.25, 0.3) is 0 Å². The lowest BCUT2D eigenvalue weighted by Crippen LogP contribution is -2.44. The van der Waals surface area contributed by atoms with Crippen molar-refractivity contribution in [2.45, 2.75) is 79.6 Å². The van der Waals surface area contributed by atoms with Crippen LogP contribution in [0.3, 0.4) is 0 Å². The van der Waals surface area contributed by atoms with Gasteiger partial charge in [0, 0.05) is 76.5 Å². The van der Waals surface area contributed by atoms with E-state index in [1.165, 1.54) is 0 Å². The number of nitrogens with one attached hydrogen (secondary N) is 2. The summed E-state index contributed by atoms with van der Waals surface area (Å²) in [6.45, 7) is 27.0. The molecule has 0 rings (SSSR count). The lowest BCUT2D eigenvalue weighted by atomic mass is 10.2. The van der Waals surface area contributed by atoms with Gasteiger partial charge in [0.2, 0.25) is 0 Å². The van der Waals surface area contributed by atoms with E-state index >= 15 is 0 Å². The summed E-state index contributed by atoms with van der Waals surface area (Å²) >= 11 is 0. The van der Waals surface area contributed by atoms with Crippen molar-refractivity contribution in [1.82, 2.24) is 25.3 Å². The third-order valence-electron chi connectivity index (χ3n) is 5.28. The molecule has 158 valence electrons. The molecular formula is C21H49N5. The molecule has 5 heteroatoms.